The first kappa shape index (κ1) is 12.8. The topological polar surface area (TPSA) is 62.6 Å². The molecule has 1 heterocycles. The summed E-state index contributed by atoms with van der Waals surface area (Å²) in [5.74, 6) is -0.179. The molecule has 4 nitrogen and oxygen atoms in total. The van der Waals surface area contributed by atoms with Crippen molar-refractivity contribution in [2.24, 2.45) is 0 Å². The fourth-order valence-corrected chi connectivity index (χ4v) is 1.03. The summed E-state index contributed by atoms with van der Waals surface area (Å²) in [7, 11) is -1.71. The van der Waals surface area contributed by atoms with E-state index in [1.807, 2.05) is 0 Å². The number of rotatable bonds is 3. The summed E-state index contributed by atoms with van der Waals surface area (Å²) >= 11 is 0. The molecule has 16 heavy (non-hydrogen) atoms. The first-order valence-electron chi connectivity index (χ1n) is 4.32. The van der Waals surface area contributed by atoms with Gasteiger partial charge in [0.15, 0.2) is 6.61 Å². The highest BCUT2D eigenvalue weighted by atomic mass is 19.4. The zero-order valence-electron chi connectivity index (χ0n) is 8.32. The SMILES string of the molecule is Cc1cc(B(O)O)cnc1OCC(F)(F)F. The number of pyridine rings is 1. The van der Waals surface area contributed by atoms with Crippen molar-refractivity contribution in [3.05, 3.63) is 17.8 Å². The van der Waals surface area contributed by atoms with E-state index in [-0.39, 0.29) is 11.3 Å². The Morgan fingerprint density at radius 2 is 2.06 bits per heavy atom. The van der Waals surface area contributed by atoms with Crippen LogP contribution in [0.1, 0.15) is 5.56 Å². The van der Waals surface area contributed by atoms with E-state index in [1.54, 1.807) is 0 Å². The molecule has 0 aliphatic heterocycles. The molecule has 2 N–H and O–H groups in total. The third-order valence-corrected chi connectivity index (χ3v) is 1.72. The van der Waals surface area contributed by atoms with Crippen LogP contribution in [0.25, 0.3) is 0 Å². The van der Waals surface area contributed by atoms with Gasteiger partial charge in [0.1, 0.15) is 0 Å². The highest BCUT2D eigenvalue weighted by Gasteiger charge is 2.29. The number of hydrogen-bond acceptors (Lipinski definition) is 4. The van der Waals surface area contributed by atoms with Gasteiger partial charge in [-0.15, -0.1) is 0 Å². The zero-order valence-corrected chi connectivity index (χ0v) is 8.32. The predicted octanol–water partition coefficient (Wildman–Crippen LogP) is 0.0109. The average molecular weight is 235 g/mol. The number of ether oxygens (including phenoxy) is 1. The van der Waals surface area contributed by atoms with Gasteiger partial charge in [-0.3, -0.25) is 0 Å². The Morgan fingerprint density at radius 1 is 1.44 bits per heavy atom. The molecule has 1 rings (SSSR count). The highest BCUT2D eigenvalue weighted by Crippen LogP contribution is 2.18. The Kier molecular flexibility index (Phi) is 3.76. The largest absolute Gasteiger partial charge is 0.490 e. The maximum absolute atomic E-state index is 11.8. The van der Waals surface area contributed by atoms with Crippen molar-refractivity contribution in [3.8, 4) is 5.88 Å². The quantitative estimate of drug-likeness (QED) is 0.724. The summed E-state index contributed by atoms with van der Waals surface area (Å²) in [6.07, 6.45) is -3.38. The first-order chi connectivity index (χ1) is 7.29. The maximum Gasteiger partial charge on any atom is 0.490 e. The molecule has 0 aliphatic rings. The fraction of sp³-hybridized carbons (Fsp3) is 0.375. The van der Waals surface area contributed by atoms with Crippen LogP contribution < -0.4 is 10.2 Å². The lowest BCUT2D eigenvalue weighted by Gasteiger charge is -2.10. The Bertz CT molecular complexity index is 370. The molecule has 0 atom stereocenters. The smallest absolute Gasteiger partial charge is 0.468 e. The van der Waals surface area contributed by atoms with Crippen LogP contribution in [-0.2, 0) is 0 Å². The Labute approximate surface area is 89.8 Å². The van der Waals surface area contributed by atoms with Crippen LogP contribution >= 0.6 is 0 Å². The predicted molar refractivity (Wildman–Crippen MR) is 50.3 cm³/mol. The van der Waals surface area contributed by atoms with E-state index in [1.165, 1.54) is 13.0 Å². The summed E-state index contributed by atoms with van der Waals surface area (Å²) in [6, 6.07) is 1.30. The molecule has 0 saturated carbocycles. The molecular formula is C8H9BF3NO3. The van der Waals surface area contributed by atoms with Crippen LogP contribution in [0.4, 0.5) is 13.2 Å². The molecule has 0 unspecified atom stereocenters. The molecule has 88 valence electrons. The minimum Gasteiger partial charge on any atom is -0.468 e. The van der Waals surface area contributed by atoms with Crippen LogP contribution in [0.2, 0.25) is 0 Å². The molecule has 0 aliphatic carbocycles. The van der Waals surface area contributed by atoms with Gasteiger partial charge in [0.2, 0.25) is 5.88 Å². The summed E-state index contributed by atoms with van der Waals surface area (Å²) < 4.78 is 40.0. The standard InChI is InChI=1S/C8H9BF3NO3/c1-5-2-6(9(14)15)3-13-7(5)16-4-8(10,11)12/h2-3,14-15H,4H2,1H3. The zero-order chi connectivity index (χ0) is 12.3. The van der Waals surface area contributed by atoms with Crippen molar-refractivity contribution in [1.82, 2.24) is 4.98 Å². The van der Waals surface area contributed by atoms with Crippen molar-refractivity contribution in [2.75, 3.05) is 6.61 Å². The number of aryl methyl sites for hydroxylation is 1. The Hall–Kier alpha value is -1.28. The minimum absolute atomic E-state index is 0.0943. The molecule has 0 bridgehead atoms. The van der Waals surface area contributed by atoms with E-state index in [4.69, 9.17) is 10.0 Å². The second-order valence-corrected chi connectivity index (χ2v) is 3.17. The van der Waals surface area contributed by atoms with Gasteiger partial charge in [-0.2, -0.15) is 13.2 Å². The van der Waals surface area contributed by atoms with Gasteiger partial charge in [-0.25, -0.2) is 4.98 Å². The van der Waals surface area contributed by atoms with E-state index in [9.17, 15) is 13.2 Å². The second kappa shape index (κ2) is 4.71. The number of nitrogens with zero attached hydrogens (tertiary/aromatic N) is 1. The maximum atomic E-state index is 11.8. The number of alkyl halides is 3. The normalized spacial score (nSPS) is 11.4. The van der Waals surface area contributed by atoms with Gasteiger partial charge in [-0.05, 0) is 6.92 Å². The van der Waals surface area contributed by atoms with E-state index in [0.717, 1.165) is 6.20 Å². The van der Waals surface area contributed by atoms with Crippen LogP contribution in [0.5, 0.6) is 5.88 Å². The third-order valence-electron chi connectivity index (χ3n) is 1.72. The molecule has 0 fully saturated rings. The van der Waals surface area contributed by atoms with Crippen LogP contribution in [0.3, 0.4) is 0 Å². The fourth-order valence-electron chi connectivity index (χ4n) is 1.03. The van der Waals surface area contributed by atoms with Gasteiger partial charge >= 0.3 is 13.3 Å². The van der Waals surface area contributed by atoms with E-state index < -0.39 is 19.9 Å². The lowest BCUT2D eigenvalue weighted by molar-refractivity contribution is -0.154. The third kappa shape index (κ3) is 3.71. The van der Waals surface area contributed by atoms with Crippen LogP contribution in [0.15, 0.2) is 12.3 Å². The number of aromatic nitrogens is 1. The van der Waals surface area contributed by atoms with Crippen molar-refractivity contribution in [1.29, 1.82) is 0 Å². The van der Waals surface area contributed by atoms with Gasteiger partial charge in [-0.1, -0.05) is 6.07 Å². The first-order valence-corrected chi connectivity index (χ1v) is 4.32. The molecule has 0 saturated heterocycles. The average Bonchev–Trinajstić information content (AvgIpc) is 2.14. The summed E-state index contributed by atoms with van der Waals surface area (Å²) in [4.78, 5) is 3.56. The minimum atomic E-state index is -4.43. The molecular weight excluding hydrogens is 226 g/mol. The van der Waals surface area contributed by atoms with E-state index in [0.29, 0.717) is 5.56 Å². The second-order valence-electron chi connectivity index (χ2n) is 3.17. The number of hydrogen-bond donors (Lipinski definition) is 2. The summed E-state index contributed by atoms with van der Waals surface area (Å²) in [5.41, 5.74) is 0.395. The molecule has 0 radical (unpaired) electrons. The molecule has 1 aromatic heterocycles. The molecule has 1 aromatic rings. The number of halogens is 3. The van der Waals surface area contributed by atoms with Crippen LogP contribution in [0, 0.1) is 6.92 Å². The highest BCUT2D eigenvalue weighted by molar-refractivity contribution is 6.58. The lowest BCUT2D eigenvalue weighted by atomic mass is 9.81. The summed E-state index contributed by atoms with van der Waals surface area (Å²) in [6.45, 7) is 0.0342. The van der Waals surface area contributed by atoms with Crippen molar-refractivity contribution >= 4 is 12.6 Å². The molecule has 0 aromatic carbocycles. The molecule has 0 amide bonds. The van der Waals surface area contributed by atoms with Gasteiger partial charge in [0.05, 0.1) is 0 Å². The molecule has 0 spiro atoms. The van der Waals surface area contributed by atoms with Gasteiger partial charge in [0, 0.05) is 17.2 Å². The van der Waals surface area contributed by atoms with Gasteiger partial charge < -0.3 is 14.8 Å². The van der Waals surface area contributed by atoms with E-state index >= 15 is 0 Å². The Balaban J connectivity index is 2.76. The summed E-state index contributed by atoms with van der Waals surface area (Å²) in [5, 5.41) is 17.6. The van der Waals surface area contributed by atoms with Crippen LogP contribution in [-0.4, -0.2) is 34.9 Å². The lowest BCUT2D eigenvalue weighted by Crippen LogP contribution is -2.30. The van der Waals surface area contributed by atoms with Crippen molar-refractivity contribution < 1.29 is 28.0 Å². The molecule has 8 heteroatoms. The van der Waals surface area contributed by atoms with E-state index in [2.05, 4.69) is 9.72 Å². The monoisotopic (exact) mass is 235 g/mol. The van der Waals surface area contributed by atoms with Gasteiger partial charge in [0.25, 0.3) is 0 Å². The van der Waals surface area contributed by atoms with Crippen molar-refractivity contribution in [3.63, 3.8) is 0 Å². The van der Waals surface area contributed by atoms with Crippen molar-refractivity contribution in [2.45, 2.75) is 13.1 Å². The Morgan fingerprint density at radius 3 is 2.50 bits per heavy atom.